The van der Waals surface area contributed by atoms with Crippen LogP contribution in [0.25, 0.3) is 5.78 Å². The molecule has 0 saturated carbocycles. The molecule has 0 bridgehead atoms. The van der Waals surface area contributed by atoms with Gasteiger partial charge in [0.1, 0.15) is 12.5 Å². The van der Waals surface area contributed by atoms with Gasteiger partial charge >= 0.3 is 0 Å². The molecular formula is C5H5N5O. The predicted octanol–water partition coefficient (Wildman–Crippen LogP) is -1.18. The van der Waals surface area contributed by atoms with Crippen LogP contribution in [0.4, 0.5) is 0 Å². The van der Waals surface area contributed by atoms with Crippen LogP contribution in [0, 0.1) is 0 Å². The van der Waals surface area contributed by atoms with E-state index in [2.05, 4.69) is 15.2 Å². The third-order valence-electron chi connectivity index (χ3n) is 1.37. The molecule has 0 amide bonds. The number of nitrogens with zero attached hydrogens (tertiary/aromatic N) is 5. The van der Waals surface area contributed by atoms with E-state index in [0.29, 0.717) is 5.78 Å². The Morgan fingerprint density at radius 3 is 3.09 bits per heavy atom. The van der Waals surface area contributed by atoms with E-state index in [1.807, 2.05) is 0 Å². The summed E-state index contributed by atoms with van der Waals surface area (Å²) in [4.78, 5) is 14.9. The van der Waals surface area contributed by atoms with Gasteiger partial charge in [-0.3, -0.25) is 9.48 Å². The number of hydrogen-bond donors (Lipinski definition) is 0. The fourth-order valence-electron chi connectivity index (χ4n) is 0.889. The molecule has 56 valence electrons. The van der Waals surface area contributed by atoms with E-state index < -0.39 is 0 Å². The number of fused-ring (bicyclic) bond motifs is 1. The first-order valence-electron chi connectivity index (χ1n) is 3.01. The minimum Gasteiger partial charge on any atom is -0.267 e. The predicted molar refractivity (Wildman–Crippen MR) is 36.0 cm³/mol. The third kappa shape index (κ3) is 0.721. The Hall–Kier alpha value is -1.72. The molecule has 0 radical (unpaired) electrons. The lowest BCUT2D eigenvalue weighted by Gasteiger charge is -1.92. The number of rotatable bonds is 0. The fourth-order valence-corrected chi connectivity index (χ4v) is 0.889. The first-order chi connectivity index (χ1) is 5.29. The van der Waals surface area contributed by atoms with Crippen LogP contribution in [0.15, 0.2) is 17.3 Å². The van der Waals surface area contributed by atoms with Crippen molar-refractivity contribution in [1.29, 1.82) is 0 Å². The maximum atomic E-state index is 11.1. The smallest absolute Gasteiger partial charge is 0.267 e. The molecule has 0 unspecified atom stereocenters. The Morgan fingerprint density at radius 2 is 2.36 bits per heavy atom. The van der Waals surface area contributed by atoms with Crippen LogP contribution < -0.4 is 5.56 Å². The van der Waals surface area contributed by atoms with E-state index in [1.54, 1.807) is 11.7 Å². The van der Waals surface area contributed by atoms with Gasteiger partial charge in [0, 0.05) is 7.05 Å². The monoisotopic (exact) mass is 151 g/mol. The molecule has 0 spiro atoms. The highest BCUT2D eigenvalue weighted by atomic mass is 16.1. The van der Waals surface area contributed by atoms with Gasteiger partial charge in [-0.15, -0.1) is 10.2 Å². The van der Waals surface area contributed by atoms with Crippen LogP contribution in [0.1, 0.15) is 0 Å². The summed E-state index contributed by atoms with van der Waals surface area (Å²) in [6.45, 7) is 0. The summed E-state index contributed by atoms with van der Waals surface area (Å²) in [5.74, 6) is 0.319. The van der Waals surface area contributed by atoms with Gasteiger partial charge in [0.25, 0.3) is 11.3 Å². The highest BCUT2D eigenvalue weighted by Gasteiger charge is 1.99. The van der Waals surface area contributed by atoms with Crippen LogP contribution >= 0.6 is 0 Å². The second-order valence-corrected chi connectivity index (χ2v) is 2.11. The standard InChI is InChI=1S/C5H5N5O/c1-9-3-6-5-8-7-2-4(11)10(5)9/h2-3H,1H3. The molecule has 0 atom stereocenters. The number of hydrogen-bond acceptors (Lipinski definition) is 4. The average molecular weight is 151 g/mol. The molecule has 0 saturated heterocycles. The van der Waals surface area contributed by atoms with Crippen LogP contribution in [0.5, 0.6) is 0 Å². The van der Waals surface area contributed by atoms with Gasteiger partial charge in [0.15, 0.2) is 0 Å². The highest BCUT2D eigenvalue weighted by molar-refractivity contribution is 5.20. The zero-order valence-corrected chi connectivity index (χ0v) is 5.80. The quantitative estimate of drug-likeness (QED) is 0.475. The van der Waals surface area contributed by atoms with E-state index in [0.717, 1.165) is 6.20 Å². The number of aryl methyl sites for hydroxylation is 1. The maximum Gasteiger partial charge on any atom is 0.292 e. The minimum absolute atomic E-state index is 0.227. The normalized spacial score (nSPS) is 10.6. The van der Waals surface area contributed by atoms with Crippen molar-refractivity contribution in [3.05, 3.63) is 22.9 Å². The SMILES string of the molecule is Cn1cnc2nncc(=O)n21. The van der Waals surface area contributed by atoms with Crippen LogP contribution in [0.3, 0.4) is 0 Å². The van der Waals surface area contributed by atoms with Gasteiger partial charge in [0.2, 0.25) is 0 Å². The molecule has 0 aliphatic heterocycles. The van der Waals surface area contributed by atoms with Crippen molar-refractivity contribution in [2.75, 3.05) is 0 Å². The summed E-state index contributed by atoms with van der Waals surface area (Å²) in [5, 5.41) is 7.11. The van der Waals surface area contributed by atoms with Crippen molar-refractivity contribution in [3.63, 3.8) is 0 Å². The van der Waals surface area contributed by atoms with Crippen molar-refractivity contribution >= 4 is 5.78 Å². The number of aromatic nitrogens is 5. The largest absolute Gasteiger partial charge is 0.292 e. The van der Waals surface area contributed by atoms with Crippen LogP contribution in [0.2, 0.25) is 0 Å². The lowest BCUT2D eigenvalue weighted by atomic mass is 10.8. The van der Waals surface area contributed by atoms with Crippen molar-refractivity contribution in [2.24, 2.45) is 7.05 Å². The first kappa shape index (κ1) is 6.02. The Kier molecular flexibility index (Phi) is 1.03. The molecular weight excluding hydrogens is 146 g/mol. The molecule has 0 aliphatic rings. The van der Waals surface area contributed by atoms with Gasteiger partial charge in [-0.25, -0.2) is 0 Å². The van der Waals surface area contributed by atoms with Crippen LogP contribution in [-0.4, -0.2) is 24.4 Å². The molecule has 2 rings (SSSR count). The summed E-state index contributed by atoms with van der Waals surface area (Å²) in [7, 11) is 1.71. The highest BCUT2D eigenvalue weighted by Crippen LogP contribution is 1.85. The Labute approximate surface area is 61.1 Å². The molecule has 2 aromatic heterocycles. The summed E-state index contributed by atoms with van der Waals surface area (Å²) in [6.07, 6.45) is 2.65. The van der Waals surface area contributed by atoms with E-state index >= 15 is 0 Å². The Bertz CT molecular complexity index is 441. The van der Waals surface area contributed by atoms with Crippen molar-refractivity contribution in [3.8, 4) is 0 Å². The fraction of sp³-hybridized carbons (Fsp3) is 0.200. The van der Waals surface area contributed by atoms with E-state index in [-0.39, 0.29) is 5.56 Å². The molecule has 0 aromatic carbocycles. The van der Waals surface area contributed by atoms with Gasteiger partial charge in [-0.05, 0) is 0 Å². The van der Waals surface area contributed by atoms with Crippen molar-refractivity contribution in [2.45, 2.75) is 0 Å². The molecule has 11 heavy (non-hydrogen) atoms. The van der Waals surface area contributed by atoms with E-state index in [4.69, 9.17) is 0 Å². The first-order valence-corrected chi connectivity index (χ1v) is 3.01. The third-order valence-corrected chi connectivity index (χ3v) is 1.37. The molecule has 0 N–H and O–H groups in total. The zero-order chi connectivity index (χ0) is 7.84. The van der Waals surface area contributed by atoms with Crippen LogP contribution in [-0.2, 0) is 7.05 Å². The van der Waals surface area contributed by atoms with Crippen molar-refractivity contribution in [1.82, 2.24) is 24.4 Å². The summed E-state index contributed by atoms with van der Waals surface area (Å²) < 4.78 is 2.87. The van der Waals surface area contributed by atoms with E-state index in [9.17, 15) is 4.79 Å². The summed E-state index contributed by atoms with van der Waals surface area (Å²) in [6, 6.07) is 0. The molecule has 0 fully saturated rings. The molecule has 0 aliphatic carbocycles. The second-order valence-electron chi connectivity index (χ2n) is 2.11. The molecule has 6 nitrogen and oxygen atoms in total. The lowest BCUT2D eigenvalue weighted by Crippen LogP contribution is -2.19. The van der Waals surface area contributed by atoms with Gasteiger partial charge in [0.05, 0.1) is 0 Å². The summed E-state index contributed by atoms with van der Waals surface area (Å²) in [5.41, 5.74) is -0.227. The van der Waals surface area contributed by atoms with E-state index in [1.165, 1.54) is 10.8 Å². The zero-order valence-electron chi connectivity index (χ0n) is 5.80. The molecule has 2 aromatic rings. The average Bonchev–Trinajstić information content (AvgIpc) is 2.34. The topological polar surface area (TPSA) is 65.1 Å². The van der Waals surface area contributed by atoms with Crippen molar-refractivity contribution < 1.29 is 0 Å². The minimum atomic E-state index is -0.227. The second kappa shape index (κ2) is 1.88. The summed E-state index contributed by atoms with van der Waals surface area (Å²) >= 11 is 0. The van der Waals surface area contributed by atoms with Gasteiger partial charge in [-0.2, -0.15) is 9.50 Å². The lowest BCUT2D eigenvalue weighted by molar-refractivity contribution is 0.669. The Balaban J connectivity index is 3.08. The Morgan fingerprint density at radius 1 is 1.55 bits per heavy atom. The molecule has 2 heterocycles. The van der Waals surface area contributed by atoms with Gasteiger partial charge in [-0.1, -0.05) is 0 Å². The molecule has 6 heteroatoms. The van der Waals surface area contributed by atoms with Gasteiger partial charge < -0.3 is 0 Å². The maximum absolute atomic E-state index is 11.1.